The first-order valence-corrected chi connectivity index (χ1v) is 5.00. The van der Waals surface area contributed by atoms with Crippen molar-refractivity contribution in [3.8, 4) is 0 Å². The maximum atomic E-state index is 10.4. The smallest absolute Gasteiger partial charge is 0.293 e. The summed E-state index contributed by atoms with van der Waals surface area (Å²) in [6, 6.07) is 0.252. The van der Waals surface area contributed by atoms with E-state index < -0.39 is 0 Å². The van der Waals surface area contributed by atoms with E-state index in [9.17, 15) is 9.59 Å². The van der Waals surface area contributed by atoms with Crippen LogP contribution in [0.2, 0.25) is 0 Å². The summed E-state index contributed by atoms with van der Waals surface area (Å²) in [7, 11) is 0. The molecular weight excluding hydrogens is 196 g/mol. The Morgan fingerprint density at radius 3 is 2.33 bits per heavy atom. The van der Waals surface area contributed by atoms with E-state index in [2.05, 4.69) is 10.1 Å². The van der Waals surface area contributed by atoms with Crippen molar-refractivity contribution in [2.24, 2.45) is 5.73 Å². The lowest BCUT2D eigenvalue weighted by molar-refractivity contribution is -0.138. The van der Waals surface area contributed by atoms with Crippen molar-refractivity contribution in [1.29, 1.82) is 0 Å². The standard InChI is InChI=1S/C5H10N2O.C5H10O2/c6-3-4-1-2-5(8)7-4;1-5(2,3)7-4-6/h4H,1-3,6H2,(H,7,8);4H,1-3H3/t4-;/m0./s1. The zero-order chi connectivity index (χ0) is 11.9. The highest BCUT2D eigenvalue weighted by molar-refractivity contribution is 5.78. The number of carbonyl (C=O) groups excluding carboxylic acids is 2. The first-order valence-electron chi connectivity index (χ1n) is 5.00. The molecule has 1 saturated heterocycles. The van der Waals surface area contributed by atoms with Crippen molar-refractivity contribution in [1.82, 2.24) is 5.32 Å². The van der Waals surface area contributed by atoms with Gasteiger partial charge in [0, 0.05) is 19.0 Å². The monoisotopic (exact) mass is 216 g/mol. The summed E-state index contributed by atoms with van der Waals surface area (Å²) in [5.41, 5.74) is 4.96. The predicted octanol–water partition coefficient (Wildman–Crippen LogP) is 0.182. The molecule has 0 bridgehead atoms. The zero-order valence-corrected chi connectivity index (χ0v) is 9.58. The van der Waals surface area contributed by atoms with Crippen LogP contribution in [0.4, 0.5) is 0 Å². The highest BCUT2D eigenvalue weighted by Crippen LogP contribution is 2.03. The van der Waals surface area contributed by atoms with E-state index in [4.69, 9.17) is 5.73 Å². The van der Waals surface area contributed by atoms with Crippen LogP contribution in [0, 0.1) is 0 Å². The van der Waals surface area contributed by atoms with Gasteiger partial charge >= 0.3 is 0 Å². The van der Waals surface area contributed by atoms with Crippen molar-refractivity contribution >= 4 is 12.4 Å². The second-order valence-electron chi connectivity index (χ2n) is 4.37. The molecule has 5 nitrogen and oxygen atoms in total. The summed E-state index contributed by atoms with van der Waals surface area (Å²) in [6.45, 7) is 6.50. The van der Waals surface area contributed by atoms with E-state index in [0.717, 1.165) is 6.42 Å². The van der Waals surface area contributed by atoms with Gasteiger partial charge in [-0.05, 0) is 27.2 Å². The largest absolute Gasteiger partial charge is 0.462 e. The van der Waals surface area contributed by atoms with Crippen LogP contribution >= 0.6 is 0 Å². The van der Waals surface area contributed by atoms with Crippen LogP contribution < -0.4 is 11.1 Å². The van der Waals surface area contributed by atoms with Gasteiger partial charge < -0.3 is 15.8 Å². The molecule has 0 aliphatic carbocycles. The Kier molecular flexibility index (Phi) is 5.93. The van der Waals surface area contributed by atoms with Crippen LogP contribution in [0.1, 0.15) is 33.6 Å². The number of rotatable bonds is 2. The first kappa shape index (κ1) is 13.9. The highest BCUT2D eigenvalue weighted by Gasteiger charge is 2.18. The lowest BCUT2D eigenvalue weighted by Crippen LogP contribution is -2.32. The van der Waals surface area contributed by atoms with Crippen LogP contribution in [-0.2, 0) is 14.3 Å². The lowest BCUT2D eigenvalue weighted by atomic mass is 10.2. The highest BCUT2D eigenvalue weighted by atomic mass is 16.5. The molecule has 1 fully saturated rings. The number of carbonyl (C=O) groups is 2. The minimum atomic E-state index is -0.318. The Bertz CT molecular complexity index is 211. The summed E-state index contributed by atoms with van der Waals surface area (Å²) in [5.74, 6) is 0.139. The van der Waals surface area contributed by atoms with E-state index in [-0.39, 0.29) is 17.6 Å². The summed E-state index contributed by atoms with van der Waals surface area (Å²) in [5, 5.41) is 2.74. The van der Waals surface area contributed by atoms with E-state index in [1.54, 1.807) is 0 Å². The minimum absolute atomic E-state index is 0.139. The molecule has 15 heavy (non-hydrogen) atoms. The van der Waals surface area contributed by atoms with Gasteiger partial charge in [-0.2, -0.15) is 0 Å². The number of nitrogens with two attached hydrogens (primary N) is 1. The van der Waals surface area contributed by atoms with Crippen LogP contribution in [0.15, 0.2) is 0 Å². The third kappa shape index (κ3) is 7.93. The van der Waals surface area contributed by atoms with Gasteiger partial charge in [0.25, 0.3) is 6.47 Å². The van der Waals surface area contributed by atoms with Crippen molar-refractivity contribution in [2.45, 2.75) is 45.3 Å². The zero-order valence-electron chi connectivity index (χ0n) is 9.58. The number of ether oxygens (including phenoxy) is 1. The predicted molar refractivity (Wildman–Crippen MR) is 57.1 cm³/mol. The Morgan fingerprint density at radius 1 is 1.60 bits per heavy atom. The van der Waals surface area contributed by atoms with Crippen LogP contribution in [0.3, 0.4) is 0 Å². The van der Waals surface area contributed by atoms with Gasteiger partial charge in [0.15, 0.2) is 0 Å². The molecule has 1 aliphatic heterocycles. The van der Waals surface area contributed by atoms with E-state index >= 15 is 0 Å². The molecule has 1 atom stereocenters. The van der Waals surface area contributed by atoms with Gasteiger partial charge in [-0.25, -0.2) is 0 Å². The number of hydrogen-bond donors (Lipinski definition) is 2. The van der Waals surface area contributed by atoms with Gasteiger partial charge in [-0.3, -0.25) is 9.59 Å². The Balaban J connectivity index is 0.000000265. The van der Waals surface area contributed by atoms with E-state index in [0.29, 0.717) is 19.4 Å². The minimum Gasteiger partial charge on any atom is -0.462 e. The molecule has 1 rings (SSSR count). The third-order valence-corrected chi connectivity index (χ3v) is 1.77. The Hall–Kier alpha value is -1.10. The fraction of sp³-hybridized carbons (Fsp3) is 0.800. The first-order chi connectivity index (χ1) is 6.89. The Labute approximate surface area is 90.4 Å². The van der Waals surface area contributed by atoms with Gasteiger partial charge in [0.05, 0.1) is 0 Å². The van der Waals surface area contributed by atoms with Crippen molar-refractivity contribution in [3.05, 3.63) is 0 Å². The molecule has 5 heteroatoms. The molecule has 0 unspecified atom stereocenters. The van der Waals surface area contributed by atoms with Gasteiger partial charge in [-0.1, -0.05) is 0 Å². The number of amides is 1. The topological polar surface area (TPSA) is 81.4 Å². The van der Waals surface area contributed by atoms with Crippen molar-refractivity contribution < 1.29 is 14.3 Å². The molecule has 88 valence electrons. The normalized spacial score (nSPS) is 20.0. The second-order valence-corrected chi connectivity index (χ2v) is 4.37. The maximum Gasteiger partial charge on any atom is 0.293 e. The van der Waals surface area contributed by atoms with Crippen LogP contribution in [-0.4, -0.2) is 30.6 Å². The van der Waals surface area contributed by atoms with Gasteiger partial charge in [0.2, 0.25) is 5.91 Å². The fourth-order valence-corrected chi connectivity index (χ4v) is 0.998. The van der Waals surface area contributed by atoms with E-state index in [1.165, 1.54) is 0 Å². The molecule has 0 radical (unpaired) electrons. The summed E-state index contributed by atoms with van der Waals surface area (Å²) in [6.07, 6.45) is 1.57. The molecule has 1 amide bonds. The summed E-state index contributed by atoms with van der Waals surface area (Å²) in [4.78, 5) is 20.0. The summed E-state index contributed by atoms with van der Waals surface area (Å²) < 4.78 is 4.55. The SMILES string of the molecule is CC(C)(C)OC=O.NC[C@@H]1CCC(=O)N1. The van der Waals surface area contributed by atoms with Crippen LogP contribution in [0.5, 0.6) is 0 Å². The molecule has 0 saturated carbocycles. The molecule has 1 heterocycles. The third-order valence-electron chi connectivity index (χ3n) is 1.77. The average Bonchev–Trinajstić information content (AvgIpc) is 2.50. The van der Waals surface area contributed by atoms with Gasteiger partial charge in [-0.15, -0.1) is 0 Å². The quantitative estimate of drug-likeness (QED) is 0.645. The lowest BCUT2D eigenvalue weighted by Gasteiger charge is -2.14. The van der Waals surface area contributed by atoms with Crippen molar-refractivity contribution in [3.63, 3.8) is 0 Å². The average molecular weight is 216 g/mol. The molecule has 0 spiro atoms. The maximum absolute atomic E-state index is 10.4. The molecular formula is C10H20N2O3. The fourth-order valence-electron chi connectivity index (χ4n) is 0.998. The second kappa shape index (κ2) is 6.40. The van der Waals surface area contributed by atoms with E-state index in [1.807, 2.05) is 20.8 Å². The molecule has 3 N–H and O–H groups in total. The van der Waals surface area contributed by atoms with Gasteiger partial charge in [0.1, 0.15) is 5.60 Å². The summed E-state index contributed by atoms with van der Waals surface area (Å²) >= 11 is 0. The molecule has 0 aromatic carbocycles. The molecule has 0 aromatic rings. The molecule has 1 aliphatic rings. The number of hydrogen-bond acceptors (Lipinski definition) is 4. The van der Waals surface area contributed by atoms with Crippen molar-refractivity contribution in [2.75, 3.05) is 6.54 Å². The number of nitrogens with one attached hydrogen (secondary N) is 1. The molecule has 0 aromatic heterocycles. The van der Waals surface area contributed by atoms with Crippen LogP contribution in [0.25, 0.3) is 0 Å². The Morgan fingerprint density at radius 2 is 2.20 bits per heavy atom.